The SMILES string of the molecule is COc1ccc(Cn2cc3c(n2)CCCCC(Br)C3=O)cc1. The summed E-state index contributed by atoms with van der Waals surface area (Å²) in [5, 5.41) is 4.62. The zero-order valence-corrected chi connectivity index (χ0v) is 14.2. The van der Waals surface area contributed by atoms with Crippen LogP contribution in [0.1, 0.15) is 40.9 Å². The Morgan fingerprint density at radius 3 is 2.82 bits per heavy atom. The number of rotatable bonds is 3. The number of halogens is 1. The minimum absolute atomic E-state index is 0.0785. The number of Topliss-reactive ketones (excluding diaryl/α,β-unsaturated/α-hetero) is 1. The minimum atomic E-state index is -0.0785. The molecule has 1 unspecified atom stereocenters. The van der Waals surface area contributed by atoms with Gasteiger partial charge in [0.25, 0.3) is 0 Å². The molecule has 3 rings (SSSR count). The third kappa shape index (κ3) is 3.24. The first kappa shape index (κ1) is 15.3. The van der Waals surface area contributed by atoms with Crippen LogP contribution >= 0.6 is 15.9 Å². The van der Waals surface area contributed by atoms with E-state index in [-0.39, 0.29) is 10.6 Å². The van der Waals surface area contributed by atoms with Crippen LogP contribution in [0, 0.1) is 0 Å². The molecule has 0 fully saturated rings. The predicted octanol–water partition coefficient (Wildman–Crippen LogP) is 3.61. The molecule has 0 aliphatic heterocycles. The van der Waals surface area contributed by atoms with Gasteiger partial charge in [0.05, 0.1) is 29.7 Å². The lowest BCUT2D eigenvalue weighted by atomic mass is 9.98. The Bertz CT molecular complexity index is 664. The highest BCUT2D eigenvalue weighted by Gasteiger charge is 2.24. The van der Waals surface area contributed by atoms with Crippen LogP contribution in [0.2, 0.25) is 0 Å². The maximum Gasteiger partial charge on any atom is 0.179 e. The van der Waals surface area contributed by atoms with Gasteiger partial charge < -0.3 is 4.74 Å². The zero-order valence-electron chi connectivity index (χ0n) is 12.6. The molecule has 0 saturated heterocycles. The van der Waals surface area contributed by atoms with Gasteiger partial charge in [0.1, 0.15) is 5.75 Å². The molecule has 4 nitrogen and oxygen atoms in total. The van der Waals surface area contributed by atoms with Gasteiger partial charge in [-0.05, 0) is 37.0 Å². The third-order valence-corrected chi connectivity index (χ3v) is 4.89. The summed E-state index contributed by atoms with van der Waals surface area (Å²) in [4.78, 5) is 12.3. The normalized spacial score (nSPS) is 18.5. The van der Waals surface area contributed by atoms with Crippen LogP contribution in [0.15, 0.2) is 30.5 Å². The van der Waals surface area contributed by atoms with Gasteiger partial charge in [-0.3, -0.25) is 9.48 Å². The molecule has 1 aromatic heterocycles. The van der Waals surface area contributed by atoms with Gasteiger partial charge in [-0.2, -0.15) is 5.10 Å². The minimum Gasteiger partial charge on any atom is -0.497 e. The first-order chi connectivity index (χ1) is 10.7. The van der Waals surface area contributed by atoms with Crippen LogP contribution in [0.5, 0.6) is 5.75 Å². The molecule has 116 valence electrons. The van der Waals surface area contributed by atoms with Gasteiger partial charge in [-0.15, -0.1) is 0 Å². The van der Waals surface area contributed by atoms with Crippen LogP contribution in [-0.2, 0) is 13.0 Å². The summed E-state index contributed by atoms with van der Waals surface area (Å²) in [7, 11) is 1.66. The molecule has 1 atom stereocenters. The van der Waals surface area contributed by atoms with Crippen LogP contribution in [0.4, 0.5) is 0 Å². The highest BCUT2D eigenvalue weighted by molar-refractivity contribution is 9.10. The van der Waals surface area contributed by atoms with Crippen molar-refractivity contribution in [2.75, 3.05) is 7.11 Å². The molecule has 1 aromatic carbocycles. The molecule has 0 N–H and O–H groups in total. The third-order valence-electron chi connectivity index (χ3n) is 4.01. The van der Waals surface area contributed by atoms with Crippen molar-refractivity contribution in [1.82, 2.24) is 9.78 Å². The largest absolute Gasteiger partial charge is 0.497 e. The van der Waals surface area contributed by atoms with Gasteiger partial charge in [0, 0.05) is 6.20 Å². The van der Waals surface area contributed by atoms with Crippen molar-refractivity contribution in [2.45, 2.75) is 37.1 Å². The average molecular weight is 363 g/mol. The highest BCUT2D eigenvalue weighted by Crippen LogP contribution is 2.24. The molecule has 1 heterocycles. The Hall–Kier alpha value is -1.62. The number of fused-ring (bicyclic) bond motifs is 1. The van der Waals surface area contributed by atoms with E-state index in [2.05, 4.69) is 21.0 Å². The first-order valence-corrected chi connectivity index (χ1v) is 8.46. The Balaban J connectivity index is 1.83. The molecular formula is C17H19BrN2O2. The number of ether oxygens (including phenoxy) is 1. The second-order valence-corrected chi connectivity index (χ2v) is 6.72. The van der Waals surface area contributed by atoms with Gasteiger partial charge in [0.2, 0.25) is 0 Å². The summed E-state index contributed by atoms with van der Waals surface area (Å²) in [5.41, 5.74) is 2.84. The van der Waals surface area contributed by atoms with Crippen molar-refractivity contribution in [3.8, 4) is 5.75 Å². The monoisotopic (exact) mass is 362 g/mol. The fourth-order valence-corrected chi connectivity index (χ4v) is 3.34. The summed E-state index contributed by atoms with van der Waals surface area (Å²) in [5.74, 6) is 1.00. The Morgan fingerprint density at radius 1 is 1.32 bits per heavy atom. The molecule has 1 aliphatic rings. The smallest absolute Gasteiger partial charge is 0.179 e. The predicted molar refractivity (Wildman–Crippen MR) is 88.9 cm³/mol. The zero-order chi connectivity index (χ0) is 15.5. The lowest BCUT2D eigenvalue weighted by Crippen LogP contribution is -2.17. The maximum absolute atomic E-state index is 12.4. The number of aryl methyl sites for hydroxylation is 1. The lowest BCUT2D eigenvalue weighted by Gasteiger charge is -2.11. The van der Waals surface area contributed by atoms with Crippen LogP contribution in [0.25, 0.3) is 0 Å². The number of alkyl halides is 1. The van der Waals surface area contributed by atoms with E-state index in [0.717, 1.165) is 48.3 Å². The van der Waals surface area contributed by atoms with E-state index >= 15 is 0 Å². The Labute approximate surface area is 138 Å². The number of methoxy groups -OCH3 is 1. The number of ketones is 1. The Kier molecular flexibility index (Phi) is 4.62. The molecule has 1 aliphatic carbocycles. The number of carbonyl (C=O) groups excluding carboxylic acids is 1. The van der Waals surface area contributed by atoms with Crippen molar-refractivity contribution in [3.05, 3.63) is 47.3 Å². The van der Waals surface area contributed by atoms with Crippen LogP contribution in [0.3, 0.4) is 0 Å². The molecule has 0 amide bonds. The number of carbonyl (C=O) groups is 1. The van der Waals surface area contributed by atoms with E-state index in [4.69, 9.17) is 4.74 Å². The molecule has 2 aromatic rings. The van der Waals surface area contributed by atoms with Crippen molar-refractivity contribution < 1.29 is 9.53 Å². The molecule has 0 saturated carbocycles. The second kappa shape index (κ2) is 6.65. The molecule has 0 bridgehead atoms. The van der Waals surface area contributed by atoms with Crippen molar-refractivity contribution in [2.24, 2.45) is 0 Å². The fraction of sp³-hybridized carbons (Fsp3) is 0.412. The van der Waals surface area contributed by atoms with Crippen LogP contribution < -0.4 is 4.74 Å². The summed E-state index contributed by atoms with van der Waals surface area (Å²) in [6, 6.07) is 7.92. The van der Waals surface area contributed by atoms with E-state index in [0.29, 0.717) is 6.54 Å². The van der Waals surface area contributed by atoms with E-state index in [9.17, 15) is 4.79 Å². The lowest BCUT2D eigenvalue weighted by molar-refractivity contribution is 0.0985. The van der Waals surface area contributed by atoms with Gasteiger partial charge in [0.15, 0.2) is 5.78 Å². The fourth-order valence-electron chi connectivity index (χ4n) is 2.77. The van der Waals surface area contributed by atoms with E-state index < -0.39 is 0 Å². The summed E-state index contributed by atoms with van der Waals surface area (Å²) in [6.45, 7) is 0.664. The van der Waals surface area contributed by atoms with E-state index in [1.807, 2.05) is 35.1 Å². The Morgan fingerprint density at radius 2 is 2.09 bits per heavy atom. The number of hydrogen-bond acceptors (Lipinski definition) is 3. The van der Waals surface area contributed by atoms with Gasteiger partial charge in [-0.1, -0.05) is 34.5 Å². The maximum atomic E-state index is 12.4. The molecule has 0 spiro atoms. The summed E-state index contributed by atoms with van der Waals surface area (Å²) < 4.78 is 7.04. The van der Waals surface area contributed by atoms with Gasteiger partial charge >= 0.3 is 0 Å². The van der Waals surface area contributed by atoms with Crippen molar-refractivity contribution >= 4 is 21.7 Å². The average Bonchev–Trinajstić information content (AvgIpc) is 2.92. The molecule has 22 heavy (non-hydrogen) atoms. The number of benzene rings is 1. The molecule has 0 radical (unpaired) electrons. The van der Waals surface area contributed by atoms with Crippen molar-refractivity contribution in [3.63, 3.8) is 0 Å². The number of nitrogens with zero attached hydrogens (tertiary/aromatic N) is 2. The second-order valence-electron chi connectivity index (χ2n) is 5.61. The number of aromatic nitrogens is 2. The summed E-state index contributed by atoms with van der Waals surface area (Å²) in [6.07, 6.45) is 5.83. The van der Waals surface area contributed by atoms with Gasteiger partial charge in [-0.25, -0.2) is 0 Å². The quantitative estimate of drug-likeness (QED) is 0.783. The highest BCUT2D eigenvalue weighted by atomic mass is 79.9. The first-order valence-electron chi connectivity index (χ1n) is 7.55. The number of hydrogen-bond donors (Lipinski definition) is 0. The van der Waals surface area contributed by atoms with Crippen LogP contribution in [-0.4, -0.2) is 27.5 Å². The topological polar surface area (TPSA) is 44.1 Å². The molecule has 5 heteroatoms. The van der Waals surface area contributed by atoms with Crippen molar-refractivity contribution in [1.29, 1.82) is 0 Å². The summed E-state index contributed by atoms with van der Waals surface area (Å²) >= 11 is 3.50. The van der Waals surface area contributed by atoms with E-state index in [1.54, 1.807) is 7.11 Å². The standard InChI is InChI=1S/C17H19BrN2O2/c1-22-13-8-6-12(7-9-13)10-20-11-14-16(19-20)5-3-2-4-15(18)17(14)21/h6-9,11,15H,2-5,10H2,1H3. The molecular weight excluding hydrogens is 344 g/mol. The van der Waals surface area contributed by atoms with E-state index in [1.165, 1.54) is 0 Å².